The lowest BCUT2D eigenvalue weighted by Gasteiger charge is -2.07. The first-order valence-corrected chi connectivity index (χ1v) is 6.74. The summed E-state index contributed by atoms with van der Waals surface area (Å²) in [5, 5.41) is 0. The van der Waals surface area contributed by atoms with Crippen molar-refractivity contribution >= 4 is 33.0 Å². The number of rotatable bonds is 3. The van der Waals surface area contributed by atoms with Crippen molar-refractivity contribution in [3.05, 3.63) is 40.6 Å². The van der Waals surface area contributed by atoms with Crippen molar-refractivity contribution in [2.24, 2.45) is 0 Å². The molecular formula is C13H12BrN5O. The molecule has 2 aromatic heterocycles. The number of hydrogen-bond donors (Lipinski definition) is 1. The summed E-state index contributed by atoms with van der Waals surface area (Å²) in [7, 11) is 1.55. The zero-order valence-electron chi connectivity index (χ0n) is 10.7. The molecule has 0 spiro atoms. The molecule has 0 atom stereocenters. The molecule has 7 heteroatoms. The third-order valence-corrected chi connectivity index (χ3v) is 3.78. The molecule has 0 fully saturated rings. The largest absolute Gasteiger partial charge is 0.479 e. The molecule has 2 N–H and O–H groups in total. The molecule has 0 saturated heterocycles. The molecule has 1 aromatic carbocycles. The van der Waals surface area contributed by atoms with Gasteiger partial charge in [0.15, 0.2) is 11.2 Å². The summed E-state index contributed by atoms with van der Waals surface area (Å²) in [5.74, 6) is 0.808. The van der Waals surface area contributed by atoms with Gasteiger partial charge in [0.05, 0.1) is 13.7 Å². The van der Waals surface area contributed by atoms with E-state index in [1.807, 2.05) is 28.8 Å². The van der Waals surface area contributed by atoms with E-state index in [4.69, 9.17) is 10.5 Å². The van der Waals surface area contributed by atoms with Crippen molar-refractivity contribution in [1.82, 2.24) is 19.5 Å². The van der Waals surface area contributed by atoms with Gasteiger partial charge in [-0.05, 0) is 11.6 Å². The smallest absolute Gasteiger partial charge is 0.245 e. The Balaban J connectivity index is 2.13. The summed E-state index contributed by atoms with van der Waals surface area (Å²) in [6.07, 6.45) is 1.44. The molecule has 102 valence electrons. The topological polar surface area (TPSA) is 78.8 Å². The molecule has 0 aliphatic rings. The highest BCUT2D eigenvalue weighted by Gasteiger charge is 2.15. The lowest BCUT2D eigenvalue weighted by atomic mass is 10.2. The average molecular weight is 334 g/mol. The average Bonchev–Trinajstić information content (AvgIpc) is 2.77. The van der Waals surface area contributed by atoms with Gasteiger partial charge in [0.1, 0.15) is 6.33 Å². The molecule has 20 heavy (non-hydrogen) atoms. The highest BCUT2D eigenvalue weighted by atomic mass is 79.9. The van der Waals surface area contributed by atoms with Gasteiger partial charge in [-0.1, -0.05) is 34.1 Å². The van der Waals surface area contributed by atoms with E-state index in [-0.39, 0.29) is 0 Å². The Morgan fingerprint density at radius 2 is 2.10 bits per heavy atom. The predicted molar refractivity (Wildman–Crippen MR) is 79.5 cm³/mol. The van der Waals surface area contributed by atoms with Crippen molar-refractivity contribution in [2.45, 2.75) is 6.54 Å². The highest BCUT2D eigenvalue weighted by molar-refractivity contribution is 9.10. The number of ether oxygens (including phenoxy) is 1. The van der Waals surface area contributed by atoms with Crippen LogP contribution < -0.4 is 10.5 Å². The van der Waals surface area contributed by atoms with Crippen molar-refractivity contribution < 1.29 is 4.74 Å². The summed E-state index contributed by atoms with van der Waals surface area (Å²) in [6, 6.07) is 7.95. The number of fused-ring (bicyclic) bond motifs is 1. The van der Waals surface area contributed by atoms with Gasteiger partial charge in [-0.2, -0.15) is 4.98 Å². The number of methoxy groups -OCH3 is 1. The Bertz CT molecular complexity index is 771. The van der Waals surface area contributed by atoms with Crippen LogP contribution in [0.2, 0.25) is 0 Å². The van der Waals surface area contributed by atoms with Crippen LogP contribution in [0.1, 0.15) is 5.56 Å². The van der Waals surface area contributed by atoms with Crippen LogP contribution in [0.25, 0.3) is 11.2 Å². The SMILES string of the molecule is COc1ncnc2c1nc(N)n2Cc1ccccc1Br. The molecule has 0 bridgehead atoms. The minimum absolute atomic E-state index is 0.384. The molecule has 2 heterocycles. The maximum Gasteiger partial charge on any atom is 0.245 e. The Kier molecular flexibility index (Phi) is 3.27. The summed E-state index contributed by atoms with van der Waals surface area (Å²) >= 11 is 3.53. The number of benzene rings is 1. The van der Waals surface area contributed by atoms with E-state index >= 15 is 0 Å². The standard InChI is InChI=1S/C13H12BrN5O/c1-20-12-10-11(16-7-17-12)19(13(15)18-10)6-8-4-2-3-5-9(8)14/h2-5,7H,6H2,1H3,(H2,15,18). The number of hydrogen-bond acceptors (Lipinski definition) is 5. The van der Waals surface area contributed by atoms with Gasteiger partial charge < -0.3 is 10.5 Å². The van der Waals surface area contributed by atoms with Crippen LogP contribution in [0, 0.1) is 0 Å². The first-order chi connectivity index (χ1) is 9.70. The summed E-state index contributed by atoms with van der Waals surface area (Å²) in [4.78, 5) is 12.6. The molecule has 3 rings (SSSR count). The fourth-order valence-corrected chi connectivity index (χ4v) is 2.45. The number of nitrogens with zero attached hydrogens (tertiary/aromatic N) is 4. The lowest BCUT2D eigenvalue weighted by Crippen LogP contribution is -2.05. The van der Waals surface area contributed by atoms with Crippen molar-refractivity contribution in [3.63, 3.8) is 0 Å². The second kappa shape index (κ2) is 5.09. The van der Waals surface area contributed by atoms with E-state index in [1.54, 1.807) is 7.11 Å². The van der Waals surface area contributed by atoms with Crippen LogP contribution in [0.15, 0.2) is 35.1 Å². The molecule has 0 amide bonds. The lowest BCUT2D eigenvalue weighted by molar-refractivity contribution is 0.401. The monoisotopic (exact) mass is 333 g/mol. The molecule has 0 aliphatic heterocycles. The zero-order chi connectivity index (χ0) is 14.1. The number of imidazole rings is 1. The van der Waals surface area contributed by atoms with Gasteiger partial charge in [0, 0.05) is 4.47 Å². The third-order valence-electron chi connectivity index (χ3n) is 3.01. The minimum Gasteiger partial charge on any atom is -0.479 e. The van der Waals surface area contributed by atoms with Crippen LogP contribution in [0.4, 0.5) is 5.95 Å². The van der Waals surface area contributed by atoms with Gasteiger partial charge in [-0.25, -0.2) is 9.97 Å². The molecule has 0 unspecified atom stereocenters. The van der Waals surface area contributed by atoms with Crippen molar-refractivity contribution in [3.8, 4) is 5.88 Å². The van der Waals surface area contributed by atoms with Gasteiger partial charge in [-0.3, -0.25) is 4.57 Å². The van der Waals surface area contributed by atoms with E-state index in [9.17, 15) is 0 Å². The Morgan fingerprint density at radius 1 is 1.30 bits per heavy atom. The Hall–Kier alpha value is -2.15. The minimum atomic E-state index is 0.384. The Labute approximate surface area is 123 Å². The van der Waals surface area contributed by atoms with Crippen LogP contribution in [0.5, 0.6) is 5.88 Å². The summed E-state index contributed by atoms with van der Waals surface area (Å²) < 4.78 is 8.03. The van der Waals surface area contributed by atoms with Gasteiger partial charge in [0.2, 0.25) is 11.8 Å². The van der Waals surface area contributed by atoms with E-state index in [0.717, 1.165) is 10.0 Å². The quantitative estimate of drug-likeness (QED) is 0.795. The summed E-state index contributed by atoms with van der Waals surface area (Å²) in [5.41, 5.74) is 8.31. The van der Waals surface area contributed by atoms with Crippen molar-refractivity contribution in [2.75, 3.05) is 12.8 Å². The maximum absolute atomic E-state index is 5.99. The first kappa shape index (κ1) is 12.9. The molecule has 0 aliphatic carbocycles. The number of halogens is 1. The maximum atomic E-state index is 5.99. The van der Waals surface area contributed by atoms with E-state index < -0.39 is 0 Å². The highest BCUT2D eigenvalue weighted by Crippen LogP contribution is 2.25. The first-order valence-electron chi connectivity index (χ1n) is 5.95. The van der Waals surface area contributed by atoms with E-state index in [0.29, 0.717) is 29.5 Å². The van der Waals surface area contributed by atoms with Crippen LogP contribution in [-0.2, 0) is 6.54 Å². The van der Waals surface area contributed by atoms with Crippen LogP contribution in [0.3, 0.4) is 0 Å². The number of nitrogen functional groups attached to an aromatic ring is 1. The van der Waals surface area contributed by atoms with Crippen LogP contribution in [-0.4, -0.2) is 26.6 Å². The van der Waals surface area contributed by atoms with E-state index in [2.05, 4.69) is 30.9 Å². The van der Waals surface area contributed by atoms with Gasteiger partial charge in [-0.15, -0.1) is 0 Å². The predicted octanol–water partition coefficient (Wildman–Crippen LogP) is 2.23. The fraction of sp³-hybridized carbons (Fsp3) is 0.154. The molecule has 0 saturated carbocycles. The number of nitrogens with two attached hydrogens (primary N) is 1. The molecule has 0 radical (unpaired) electrons. The number of aromatic nitrogens is 4. The van der Waals surface area contributed by atoms with Crippen molar-refractivity contribution in [1.29, 1.82) is 0 Å². The van der Waals surface area contributed by atoms with E-state index in [1.165, 1.54) is 6.33 Å². The number of anilines is 1. The summed E-state index contributed by atoms with van der Waals surface area (Å²) in [6.45, 7) is 0.573. The molecule has 3 aromatic rings. The van der Waals surface area contributed by atoms with Gasteiger partial charge in [0.25, 0.3) is 0 Å². The second-order valence-corrected chi connectivity index (χ2v) is 5.06. The molecular weight excluding hydrogens is 322 g/mol. The Morgan fingerprint density at radius 3 is 2.85 bits per heavy atom. The normalized spacial score (nSPS) is 10.9. The van der Waals surface area contributed by atoms with Crippen LogP contribution >= 0.6 is 15.9 Å². The molecule has 6 nitrogen and oxygen atoms in total. The third kappa shape index (κ3) is 2.09. The van der Waals surface area contributed by atoms with Gasteiger partial charge >= 0.3 is 0 Å². The zero-order valence-corrected chi connectivity index (χ0v) is 12.3. The fourth-order valence-electron chi connectivity index (χ4n) is 2.03. The second-order valence-electron chi connectivity index (χ2n) is 4.20.